The standard InChI is InChI=1S/C14H15F3N2O4/c15-10-7-9(1-2-11(10)23-13(16)17)18-14(22)19-5-3-8(4-6-19)12(20)21/h1-2,7-8,13H,3-6H2,(H,18,22)(H,20,21). The van der Waals surface area contributed by atoms with Crippen LogP contribution in [0.15, 0.2) is 18.2 Å². The first-order valence-electron chi connectivity index (χ1n) is 6.90. The number of nitrogens with zero attached hydrogens (tertiary/aromatic N) is 1. The number of hydrogen-bond acceptors (Lipinski definition) is 3. The van der Waals surface area contributed by atoms with Gasteiger partial charge in [-0.2, -0.15) is 8.78 Å². The Morgan fingerprint density at radius 1 is 1.30 bits per heavy atom. The molecule has 0 aliphatic carbocycles. The molecule has 1 aliphatic heterocycles. The monoisotopic (exact) mass is 332 g/mol. The Morgan fingerprint density at radius 3 is 2.48 bits per heavy atom. The van der Waals surface area contributed by atoms with E-state index in [1.54, 1.807) is 0 Å². The quantitative estimate of drug-likeness (QED) is 0.889. The number of carbonyl (C=O) groups is 2. The summed E-state index contributed by atoms with van der Waals surface area (Å²) < 4.78 is 41.6. The molecule has 0 atom stereocenters. The van der Waals surface area contributed by atoms with Crippen LogP contribution in [0, 0.1) is 11.7 Å². The van der Waals surface area contributed by atoms with E-state index in [1.807, 2.05) is 0 Å². The highest BCUT2D eigenvalue weighted by Gasteiger charge is 2.27. The molecule has 0 radical (unpaired) electrons. The minimum Gasteiger partial charge on any atom is -0.481 e. The normalized spacial score (nSPS) is 15.6. The predicted octanol–water partition coefficient (Wildman–Crippen LogP) is 2.76. The van der Waals surface area contributed by atoms with E-state index in [2.05, 4.69) is 10.1 Å². The number of carbonyl (C=O) groups excluding carboxylic acids is 1. The zero-order chi connectivity index (χ0) is 17.0. The molecule has 0 bridgehead atoms. The van der Waals surface area contributed by atoms with Crippen molar-refractivity contribution >= 4 is 17.7 Å². The summed E-state index contributed by atoms with van der Waals surface area (Å²) in [6.45, 7) is -2.59. The van der Waals surface area contributed by atoms with Crippen LogP contribution in [0.2, 0.25) is 0 Å². The maximum atomic E-state index is 13.6. The fraction of sp³-hybridized carbons (Fsp3) is 0.429. The average molecular weight is 332 g/mol. The molecule has 6 nitrogen and oxygen atoms in total. The van der Waals surface area contributed by atoms with Gasteiger partial charge in [0.05, 0.1) is 5.92 Å². The van der Waals surface area contributed by atoms with Gasteiger partial charge < -0.3 is 20.1 Å². The number of urea groups is 1. The maximum absolute atomic E-state index is 13.6. The SMILES string of the molecule is O=C(O)C1CCN(C(=O)Nc2ccc(OC(F)F)c(F)c2)CC1. The van der Waals surface area contributed by atoms with Crippen molar-refractivity contribution in [1.82, 2.24) is 4.90 Å². The lowest BCUT2D eigenvalue weighted by molar-refractivity contribution is -0.143. The number of carboxylic acids is 1. The van der Waals surface area contributed by atoms with Crippen molar-refractivity contribution in [2.75, 3.05) is 18.4 Å². The summed E-state index contributed by atoms with van der Waals surface area (Å²) in [7, 11) is 0. The molecule has 2 N–H and O–H groups in total. The number of ether oxygens (including phenoxy) is 1. The minimum atomic E-state index is -3.14. The molecule has 1 aromatic carbocycles. The van der Waals surface area contributed by atoms with Gasteiger partial charge in [-0.3, -0.25) is 4.79 Å². The number of alkyl halides is 2. The highest BCUT2D eigenvalue weighted by Crippen LogP contribution is 2.24. The van der Waals surface area contributed by atoms with Gasteiger partial charge in [0.1, 0.15) is 0 Å². The Labute approximate surface area is 129 Å². The number of piperidine rings is 1. The topological polar surface area (TPSA) is 78.9 Å². The zero-order valence-electron chi connectivity index (χ0n) is 12.0. The van der Waals surface area contributed by atoms with Gasteiger partial charge in [-0.05, 0) is 25.0 Å². The van der Waals surface area contributed by atoms with E-state index in [0.717, 1.165) is 12.1 Å². The molecule has 1 aromatic rings. The summed E-state index contributed by atoms with van der Waals surface area (Å²) >= 11 is 0. The molecule has 0 unspecified atom stereocenters. The van der Waals surface area contributed by atoms with Crippen LogP contribution in [0.1, 0.15) is 12.8 Å². The van der Waals surface area contributed by atoms with Gasteiger partial charge in [-0.1, -0.05) is 0 Å². The van der Waals surface area contributed by atoms with Crippen molar-refractivity contribution in [1.29, 1.82) is 0 Å². The number of rotatable bonds is 4. The summed E-state index contributed by atoms with van der Waals surface area (Å²) in [5.41, 5.74) is 0.0921. The van der Waals surface area contributed by atoms with Crippen molar-refractivity contribution in [3.63, 3.8) is 0 Å². The van der Waals surface area contributed by atoms with E-state index >= 15 is 0 Å². The third kappa shape index (κ3) is 4.51. The molecule has 126 valence electrons. The Kier molecular flexibility index (Phi) is 5.30. The first kappa shape index (κ1) is 16.9. The van der Waals surface area contributed by atoms with Crippen LogP contribution in [-0.2, 0) is 4.79 Å². The number of benzene rings is 1. The first-order valence-corrected chi connectivity index (χ1v) is 6.90. The largest absolute Gasteiger partial charge is 0.481 e. The van der Waals surface area contributed by atoms with Gasteiger partial charge in [0.2, 0.25) is 0 Å². The van der Waals surface area contributed by atoms with Crippen molar-refractivity contribution < 1.29 is 32.6 Å². The van der Waals surface area contributed by atoms with Crippen LogP contribution in [0.5, 0.6) is 5.75 Å². The van der Waals surface area contributed by atoms with Crippen molar-refractivity contribution in [3.05, 3.63) is 24.0 Å². The van der Waals surface area contributed by atoms with Gasteiger partial charge >= 0.3 is 18.6 Å². The second-order valence-corrected chi connectivity index (χ2v) is 5.05. The molecule has 1 heterocycles. The summed E-state index contributed by atoms with van der Waals surface area (Å²) in [5, 5.41) is 11.3. The maximum Gasteiger partial charge on any atom is 0.387 e. The Bertz CT molecular complexity index is 589. The fourth-order valence-electron chi connectivity index (χ4n) is 2.30. The molecule has 1 aliphatic rings. The molecular weight excluding hydrogens is 317 g/mol. The smallest absolute Gasteiger partial charge is 0.387 e. The molecule has 23 heavy (non-hydrogen) atoms. The number of anilines is 1. The molecule has 1 saturated heterocycles. The zero-order valence-corrected chi connectivity index (χ0v) is 12.0. The molecule has 9 heteroatoms. The van der Waals surface area contributed by atoms with Gasteiger partial charge in [0, 0.05) is 24.8 Å². The van der Waals surface area contributed by atoms with Crippen LogP contribution in [0.4, 0.5) is 23.7 Å². The molecule has 0 aromatic heterocycles. The lowest BCUT2D eigenvalue weighted by Crippen LogP contribution is -2.42. The molecule has 0 spiro atoms. The van der Waals surface area contributed by atoms with Crippen LogP contribution in [0.3, 0.4) is 0 Å². The summed E-state index contributed by atoms with van der Waals surface area (Å²) in [5.74, 6) is -2.99. The molecule has 2 rings (SSSR count). The molecule has 0 saturated carbocycles. The van der Waals surface area contributed by atoms with Crippen LogP contribution in [0.25, 0.3) is 0 Å². The first-order chi connectivity index (χ1) is 10.9. The summed E-state index contributed by atoms with van der Waals surface area (Å²) in [6.07, 6.45) is 0.691. The molecule has 2 amide bonds. The van der Waals surface area contributed by atoms with E-state index in [1.165, 1.54) is 11.0 Å². The predicted molar refractivity (Wildman–Crippen MR) is 74.0 cm³/mol. The highest BCUT2D eigenvalue weighted by molar-refractivity contribution is 5.89. The van der Waals surface area contributed by atoms with E-state index in [-0.39, 0.29) is 18.8 Å². The van der Waals surface area contributed by atoms with Crippen molar-refractivity contribution in [2.45, 2.75) is 19.5 Å². The number of hydrogen-bond donors (Lipinski definition) is 2. The van der Waals surface area contributed by atoms with Crippen LogP contribution in [-0.4, -0.2) is 41.7 Å². The van der Waals surface area contributed by atoms with Crippen LogP contribution >= 0.6 is 0 Å². The van der Waals surface area contributed by atoms with Gasteiger partial charge in [-0.25, -0.2) is 9.18 Å². The molecular formula is C14H15F3N2O4. The summed E-state index contributed by atoms with van der Waals surface area (Å²) in [4.78, 5) is 24.3. The average Bonchev–Trinajstić information content (AvgIpc) is 2.49. The third-order valence-corrected chi connectivity index (χ3v) is 3.53. The Hall–Kier alpha value is -2.45. The number of nitrogens with one attached hydrogen (secondary N) is 1. The second-order valence-electron chi connectivity index (χ2n) is 5.05. The lowest BCUT2D eigenvalue weighted by atomic mass is 9.97. The van der Waals surface area contributed by atoms with Crippen LogP contribution < -0.4 is 10.1 Å². The van der Waals surface area contributed by atoms with Crippen molar-refractivity contribution in [3.8, 4) is 5.75 Å². The Balaban J connectivity index is 1.93. The van der Waals surface area contributed by atoms with Crippen molar-refractivity contribution in [2.24, 2.45) is 5.92 Å². The molecule has 1 fully saturated rings. The van der Waals surface area contributed by atoms with Gasteiger partial charge in [0.15, 0.2) is 11.6 Å². The second kappa shape index (κ2) is 7.21. The van der Waals surface area contributed by atoms with Gasteiger partial charge in [0.25, 0.3) is 0 Å². The third-order valence-electron chi connectivity index (χ3n) is 3.53. The fourth-order valence-corrected chi connectivity index (χ4v) is 2.30. The number of carboxylic acid groups (broad SMARTS) is 1. The van der Waals surface area contributed by atoms with E-state index in [0.29, 0.717) is 12.8 Å². The minimum absolute atomic E-state index is 0.0921. The summed E-state index contributed by atoms with van der Waals surface area (Å²) in [6, 6.07) is 2.60. The number of amides is 2. The lowest BCUT2D eigenvalue weighted by Gasteiger charge is -2.30. The number of likely N-dealkylation sites (tertiary alicyclic amines) is 1. The number of halogens is 3. The van der Waals surface area contributed by atoms with E-state index < -0.39 is 36.1 Å². The van der Waals surface area contributed by atoms with Gasteiger partial charge in [-0.15, -0.1) is 0 Å². The number of aliphatic carboxylic acids is 1. The highest BCUT2D eigenvalue weighted by atomic mass is 19.3. The Morgan fingerprint density at radius 2 is 1.96 bits per heavy atom. The van der Waals surface area contributed by atoms with E-state index in [9.17, 15) is 22.8 Å². The van der Waals surface area contributed by atoms with E-state index in [4.69, 9.17) is 5.11 Å².